The summed E-state index contributed by atoms with van der Waals surface area (Å²) < 4.78 is 44.6. The summed E-state index contributed by atoms with van der Waals surface area (Å²) >= 11 is 5.69. The Morgan fingerprint density at radius 1 is 1.07 bits per heavy atom. The fraction of sp³-hybridized carbons (Fsp3) is 0.300. The molecule has 2 amide bonds. The molecule has 2 aromatic carbocycles. The summed E-state index contributed by atoms with van der Waals surface area (Å²) in [5.74, 6) is -0.00885. The fourth-order valence-electron chi connectivity index (χ4n) is 3.49. The minimum atomic E-state index is -4.53. The molecule has 0 bridgehead atoms. The molecule has 0 spiro atoms. The van der Waals surface area contributed by atoms with Crippen LogP contribution in [0.4, 0.5) is 24.5 Å². The first-order valence-electron chi connectivity index (χ1n) is 9.20. The summed E-state index contributed by atoms with van der Waals surface area (Å²) in [6.45, 7) is 1.40. The Morgan fingerprint density at radius 2 is 1.80 bits per heavy atom. The summed E-state index contributed by atoms with van der Waals surface area (Å²) in [5.41, 5.74) is 0.376. The molecule has 0 unspecified atom stereocenters. The molecule has 4 rings (SSSR count). The molecule has 0 aliphatic carbocycles. The molecule has 0 saturated carbocycles. The van der Waals surface area contributed by atoms with Crippen LogP contribution in [0.2, 0.25) is 5.02 Å². The number of amides is 2. The van der Waals surface area contributed by atoms with E-state index in [4.69, 9.17) is 16.3 Å². The lowest BCUT2D eigenvalue weighted by Gasteiger charge is -2.36. The lowest BCUT2D eigenvalue weighted by molar-refractivity contribution is -0.137. The number of rotatable bonds is 2. The number of halogens is 4. The number of nitrogens with one attached hydrogen (secondary N) is 1. The van der Waals surface area contributed by atoms with E-state index >= 15 is 0 Å². The zero-order chi connectivity index (χ0) is 21.5. The summed E-state index contributed by atoms with van der Waals surface area (Å²) in [4.78, 5) is 27.7. The van der Waals surface area contributed by atoms with E-state index in [-0.39, 0.29) is 23.4 Å². The third-order valence-corrected chi connectivity index (χ3v) is 5.38. The normalized spacial score (nSPS) is 16.6. The highest BCUT2D eigenvalue weighted by Gasteiger charge is 2.34. The first-order chi connectivity index (χ1) is 14.2. The minimum Gasteiger partial charge on any atom is -0.482 e. The number of carbonyl (C=O) groups excluding carboxylic acids is 2. The highest BCUT2D eigenvalue weighted by atomic mass is 35.5. The molecule has 158 valence electrons. The van der Waals surface area contributed by atoms with Gasteiger partial charge in [0.2, 0.25) is 0 Å². The largest absolute Gasteiger partial charge is 0.482 e. The Balaban J connectivity index is 1.44. The van der Waals surface area contributed by atoms with Crippen LogP contribution in [0.25, 0.3) is 0 Å². The Labute approximate surface area is 175 Å². The molecule has 0 radical (unpaired) electrons. The van der Waals surface area contributed by atoms with Crippen molar-refractivity contribution >= 4 is 34.8 Å². The Hall–Kier alpha value is -2.94. The molecular weight excluding hydrogens is 423 g/mol. The van der Waals surface area contributed by atoms with Crippen molar-refractivity contribution in [2.75, 3.05) is 43.0 Å². The topological polar surface area (TPSA) is 61.9 Å². The van der Waals surface area contributed by atoms with E-state index in [0.29, 0.717) is 48.9 Å². The zero-order valence-corrected chi connectivity index (χ0v) is 16.4. The summed E-state index contributed by atoms with van der Waals surface area (Å²) in [6, 6.07) is 8.63. The zero-order valence-electron chi connectivity index (χ0n) is 15.6. The van der Waals surface area contributed by atoms with Crippen molar-refractivity contribution in [2.24, 2.45) is 0 Å². The van der Waals surface area contributed by atoms with Crippen LogP contribution in [0.3, 0.4) is 0 Å². The number of hydrogen-bond donors (Lipinski definition) is 1. The van der Waals surface area contributed by atoms with Crippen molar-refractivity contribution < 1.29 is 27.5 Å². The predicted octanol–water partition coefficient (Wildman–Crippen LogP) is 3.65. The molecule has 2 aromatic rings. The van der Waals surface area contributed by atoms with Gasteiger partial charge < -0.3 is 19.9 Å². The van der Waals surface area contributed by atoms with Crippen molar-refractivity contribution in [2.45, 2.75) is 6.18 Å². The molecule has 2 aliphatic heterocycles. The van der Waals surface area contributed by atoms with Gasteiger partial charge in [-0.15, -0.1) is 0 Å². The number of fused-ring (bicyclic) bond motifs is 1. The van der Waals surface area contributed by atoms with Gasteiger partial charge in [0, 0.05) is 37.4 Å². The third-order valence-electron chi connectivity index (χ3n) is 5.05. The van der Waals surface area contributed by atoms with Gasteiger partial charge in [0.25, 0.3) is 11.8 Å². The summed E-state index contributed by atoms with van der Waals surface area (Å²) in [7, 11) is 0. The molecule has 2 heterocycles. The van der Waals surface area contributed by atoms with Crippen molar-refractivity contribution in [3.05, 3.63) is 52.5 Å². The summed E-state index contributed by atoms with van der Waals surface area (Å²) in [5, 5.41) is 2.32. The highest BCUT2D eigenvalue weighted by Crippen LogP contribution is 2.37. The molecule has 1 N–H and O–H groups in total. The number of alkyl halides is 3. The molecule has 1 fully saturated rings. The van der Waals surface area contributed by atoms with Gasteiger partial charge >= 0.3 is 6.18 Å². The maximum atomic E-state index is 13.1. The second-order valence-electron chi connectivity index (χ2n) is 6.99. The van der Waals surface area contributed by atoms with Crippen molar-refractivity contribution in [1.82, 2.24) is 4.90 Å². The first kappa shape index (κ1) is 20.3. The average molecular weight is 440 g/mol. The number of piperazine rings is 1. The quantitative estimate of drug-likeness (QED) is 0.776. The maximum Gasteiger partial charge on any atom is 0.417 e. The van der Waals surface area contributed by atoms with Crippen LogP contribution in [0.15, 0.2) is 36.4 Å². The van der Waals surface area contributed by atoms with Gasteiger partial charge in [0.1, 0.15) is 5.75 Å². The van der Waals surface area contributed by atoms with Gasteiger partial charge in [-0.1, -0.05) is 11.6 Å². The molecule has 10 heteroatoms. The van der Waals surface area contributed by atoms with Crippen molar-refractivity contribution in [1.29, 1.82) is 0 Å². The average Bonchev–Trinajstić information content (AvgIpc) is 2.72. The van der Waals surface area contributed by atoms with Crippen LogP contribution >= 0.6 is 11.6 Å². The van der Waals surface area contributed by atoms with Gasteiger partial charge in [-0.25, -0.2) is 0 Å². The van der Waals surface area contributed by atoms with Gasteiger partial charge in [-0.2, -0.15) is 13.2 Å². The molecular formula is C20H17ClF3N3O3. The maximum absolute atomic E-state index is 13.1. The molecule has 0 aromatic heterocycles. The SMILES string of the molecule is O=C1COc2ccc(C(=O)N3CCN(c4ccc(Cl)c(C(F)(F)F)c4)CC3)cc2N1. The number of hydrogen-bond acceptors (Lipinski definition) is 4. The van der Waals surface area contributed by atoms with Crippen molar-refractivity contribution in [3.63, 3.8) is 0 Å². The number of carbonyl (C=O) groups is 2. The van der Waals surface area contributed by atoms with Crippen LogP contribution in [0.1, 0.15) is 15.9 Å². The van der Waals surface area contributed by atoms with Crippen LogP contribution in [0.5, 0.6) is 5.75 Å². The molecule has 0 atom stereocenters. The smallest absolute Gasteiger partial charge is 0.417 e. The van der Waals surface area contributed by atoms with Gasteiger partial charge in [0.05, 0.1) is 16.3 Å². The number of anilines is 2. The molecule has 2 aliphatic rings. The van der Waals surface area contributed by atoms with Crippen LogP contribution < -0.4 is 15.0 Å². The number of benzene rings is 2. The van der Waals surface area contributed by atoms with Crippen LogP contribution in [0, 0.1) is 0 Å². The standard InChI is InChI=1S/C20H17ClF3N3O3/c21-15-3-2-13(10-14(15)20(22,23)24)26-5-7-27(8-6-26)19(29)12-1-4-17-16(9-12)25-18(28)11-30-17/h1-4,9-10H,5-8,11H2,(H,25,28). The second kappa shape index (κ2) is 7.71. The lowest BCUT2D eigenvalue weighted by atomic mass is 10.1. The van der Waals surface area contributed by atoms with Crippen molar-refractivity contribution in [3.8, 4) is 5.75 Å². The minimum absolute atomic E-state index is 0.0665. The molecule has 1 saturated heterocycles. The fourth-order valence-corrected chi connectivity index (χ4v) is 3.72. The highest BCUT2D eigenvalue weighted by molar-refractivity contribution is 6.31. The molecule has 6 nitrogen and oxygen atoms in total. The van der Waals surface area contributed by atoms with Crippen LogP contribution in [-0.2, 0) is 11.0 Å². The van der Waals surface area contributed by atoms with Gasteiger partial charge in [-0.3, -0.25) is 9.59 Å². The Morgan fingerprint density at radius 3 is 2.50 bits per heavy atom. The van der Waals surface area contributed by atoms with E-state index in [2.05, 4.69) is 5.32 Å². The van der Waals surface area contributed by atoms with Gasteiger partial charge in [-0.05, 0) is 36.4 Å². The van der Waals surface area contributed by atoms with E-state index in [1.807, 2.05) is 0 Å². The predicted molar refractivity (Wildman–Crippen MR) is 105 cm³/mol. The van der Waals surface area contributed by atoms with E-state index in [1.165, 1.54) is 6.07 Å². The first-order valence-corrected chi connectivity index (χ1v) is 9.58. The lowest BCUT2D eigenvalue weighted by Crippen LogP contribution is -2.48. The van der Waals surface area contributed by atoms with Gasteiger partial charge in [0.15, 0.2) is 6.61 Å². The van der Waals surface area contributed by atoms with Crippen LogP contribution in [-0.4, -0.2) is 49.5 Å². The summed E-state index contributed by atoms with van der Waals surface area (Å²) in [6.07, 6.45) is -4.53. The number of ether oxygens (including phenoxy) is 1. The van der Waals surface area contributed by atoms with E-state index in [9.17, 15) is 22.8 Å². The monoisotopic (exact) mass is 439 g/mol. The Kier molecular flexibility index (Phi) is 5.23. The molecule has 30 heavy (non-hydrogen) atoms. The Bertz CT molecular complexity index is 1000. The third kappa shape index (κ3) is 4.02. The van der Waals surface area contributed by atoms with E-state index in [0.717, 1.165) is 6.07 Å². The number of nitrogens with zero attached hydrogens (tertiary/aromatic N) is 2. The second-order valence-corrected chi connectivity index (χ2v) is 7.40. The van der Waals surface area contributed by atoms with E-state index < -0.39 is 11.7 Å². The van der Waals surface area contributed by atoms with E-state index in [1.54, 1.807) is 34.1 Å².